The van der Waals surface area contributed by atoms with Crippen LogP contribution in [0.3, 0.4) is 0 Å². The van der Waals surface area contributed by atoms with Crippen molar-refractivity contribution in [3.05, 3.63) is 0 Å². The van der Waals surface area contributed by atoms with E-state index in [1.165, 1.54) is 12.8 Å². The zero-order valence-electron chi connectivity index (χ0n) is 9.98. The zero-order valence-corrected chi connectivity index (χ0v) is 10.8. The van der Waals surface area contributed by atoms with Gasteiger partial charge in [-0.25, -0.2) is 8.42 Å². The minimum Gasteiger partial charge on any atom is -0.329 e. The lowest BCUT2D eigenvalue weighted by atomic mass is 9.90. The standard InChI is InChI=1S/C11H22N2O2S/c1-10-3-2-5-13(7-10)11(8-12)4-6-16(14,15)9-11/h10H,2-9,12H2,1H3. The van der Waals surface area contributed by atoms with Gasteiger partial charge in [-0.15, -0.1) is 0 Å². The number of rotatable bonds is 2. The van der Waals surface area contributed by atoms with Crippen LogP contribution in [0.25, 0.3) is 0 Å². The van der Waals surface area contributed by atoms with E-state index in [0.717, 1.165) is 19.5 Å². The summed E-state index contributed by atoms with van der Waals surface area (Å²) in [7, 11) is -2.85. The normalized spacial score (nSPS) is 40.0. The van der Waals surface area contributed by atoms with Crippen LogP contribution in [-0.2, 0) is 9.84 Å². The molecule has 2 N–H and O–H groups in total. The van der Waals surface area contributed by atoms with Crippen LogP contribution in [0.1, 0.15) is 26.2 Å². The number of hydrogen-bond donors (Lipinski definition) is 1. The molecule has 2 unspecified atom stereocenters. The molecule has 2 rings (SSSR count). The number of sulfone groups is 1. The van der Waals surface area contributed by atoms with Crippen LogP contribution in [-0.4, -0.2) is 50.0 Å². The predicted octanol–water partition coefficient (Wildman–Crippen LogP) is 0.234. The summed E-state index contributed by atoms with van der Waals surface area (Å²) < 4.78 is 23.3. The molecule has 0 aromatic rings. The molecule has 2 fully saturated rings. The average Bonchev–Trinajstić information content (AvgIpc) is 2.56. The minimum absolute atomic E-state index is 0.256. The first kappa shape index (κ1) is 12.3. The number of piperidine rings is 1. The molecule has 0 spiro atoms. The summed E-state index contributed by atoms with van der Waals surface area (Å²) in [6.45, 7) is 4.72. The van der Waals surface area contributed by atoms with Crippen molar-refractivity contribution >= 4 is 9.84 Å². The minimum atomic E-state index is -2.85. The maximum atomic E-state index is 11.6. The molecule has 2 atom stereocenters. The Labute approximate surface area is 98.1 Å². The Bertz CT molecular complexity index is 355. The van der Waals surface area contributed by atoms with E-state index in [1.807, 2.05) is 0 Å². The summed E-state index contributed by atoms with van der Waals surface area (Å²) in [6.07, 6.45) is 3.14. The van der Waals surface area contributed by atoms with Gasteiger partial charge in [0.05, 0.1) is 11.5 Å². The molecular formula is C11H22N2O2S. The fourth-order valence-corrected chi connectivity index (χ4v) is 5.16. The Morgan fingerprint density at radius 2 is 2.25 bits per heavy atom. The predicted molar refractivity (Wildman–Crippen MR) is 65.0 cm³/mol. The Kier molecular flexibility index (Phi) is 3.29. The van der Waals surface area contributed by atoms with E-state index in [2.05, 4.69) is 11.8 Å². The molecule has 0 bridgehead atoms. The monoisotopic (exact) mass is 246 g/mol. The van der Waals surface area contributed by atoms with Crippen LogP contribution in [0.4, 0.5) is 0 Å². The topological polar surface area (TPSA) is 63.4 Å². The van der Waals surface area contributed by atoms with Crippen LogP contribution < -0.4 is 5.73 Å². The molecule has 16 heavy (non-hydrogen) atoms. The first-order valence-electron chi connectivity index (χ1n) is 6.13. The molecule has 2 saturated heterocycles. The van der Waals surface area contributed by atoms with Crippen molar-refractivity contribution in [2.75, 3.05) is 31.1 Å². The molecule has 2 aliphatic rings. The Morgan fingerprint density at radius 1 is 1.50 bits per heavy atom. The number of hydrogen-bond acceptors (Lipinski definition) is 4. The summed E-state index contributed by atoms with van der Waals surface area (Å²) >= 11 is 0. The van der Waals surface area contributed by atoms with Crippen molar-refractivity contribution in [3.8, 4) is 0 Å². The third-order valence-corrected chi connectivity index (χ3v) is 5.88. The van der Waals surface area contributed by atoms with E-state index < -0.39 is 9.84 Å². The fraction of sp³-hybridized carbons (Fsp3) is 1.00. The largest absolute Gasteiger partial charge is 0.329 e. The smallest absolute Gasteiger partial charge is 0.152 e. The van der Waals surface area contributed by atoms with E-state index in [-0.39, 0.29) is 11.3 Å². The van der Waals surface area contributed by atoms with Crippen molar-refractivity contribution in [1.29, 1.82) is 0 Å². The number of likely N-dealkylation sites (tertiary alicyclic amines) is 1. The van der Waals surface area contributed by atoms with Crippen molar-refractivity contribution in [2.45, 2.75) is 31.7 Å². The first-order valence-corrected chi connectivity index (χ1v) is 7.95. The molecule has 2 aliphatic heterocycles. The lowest BCUT2D eigenvalue weighted by Gasteiger charge is -2.43. The SMILES string of the molecule is CC1CCCN(C2(CN)CCS(=O)(=O)C2)C1. The molecule has 0 aliphatic carbocycles. The summed E-state index contributed by atoms with van der Waals surface area (Å²) in [5.74, 6) is 1.25. The molecule has 0 amide bonds. The number of nitrogens with zero attached hydrogens (tertiary/aromatic N) is 1. The Balaban J connectivity index is 2.16. The Morgan fingerprint density at radius 3 is 2.75 bits per heavy atom. The van der Waals surface area contributed by atoms with Gasteiger partial charge in [-0.2, -0.15) is 0 Å². The molecule has 5 heteroatoms. The number of nitrogens with two attached hydrogens (primary N) is 1. The lowest BCUT2D eigenvalue weighted by Crippen LogP contribution is -2.57. The van der Waals surface area contributed by atoms with Gasteiger partial charge in [0.2, 0.25) is 0 Å². The molecule has 0 aromatic carbocycles. The van der Waals surface area contributed by atoms with Gasteiger partial charge >= 0.3 is 0 Å². The first-order chi connectivity index (χ1) is 7.47. The van der Waals surface area contributed by atoms with Crippen molar-refractivity contribution < 1.29 is 8.42 Å². The third kappa shape index (κ3) is 2.26. The molecule has 94 valence electrons. The van der Waals surface area contributed by atoms with Gasteiger partial charge in [0.1, 0.15) is 0 Å². The van der Waals surface area contributed by atoms with E-state index in [1.54, 1.807) is 0 Å². The maximum absolute atomic E-state index is 11.6. The average molecular weight is 246 g/mol. The zero-order chi connectivity index (χ0) is 11.8. The van der Waals surface area contributed by atoms with Crippen molar-refractivity contribution in [3.63, 3.8) is 0 Å². The Hall–Kier alpha value is -0.130. The van der Waals surface area contributed by atoms with Gasteiger partial charge in [-0.1, -0.05) is 6.92 Å². The van der Waals surface area contributed by atoms with Gasteiger partial charge in [0, 0.05) is 18.6 Å². The second kappa shape index (κ2) is 4.27. The van der Waals surface area contributed by atoms with Gasteiger partial charge in [0.15, 0.2) is 9.84 Å². The second-order valence-electron chi connectivity index (χ2n) is 5.46. The van der Waals surface area contributed by atoms with Crippen molar-refractivity contribution in [1.82, 2.24) is 4.90 Å². The summed E-state index contributed by atoms with van der Waals surface area (Å²) in [6, 6.07) is 0. The van der Waals surface area contributed by atoms with Gasteiger partial charge in [0.25, 0.3) is 0 Å². The highest BCUT2D eigenvalue weighted by molar-refractivity contribution is 7.91. The third-order valence-electron chi connectivity index (χ3n) is 4.07. The van der Waals surface area contributed by atoms with E-state index in [0.29, 0.717) is 18.2 Å². The summed E-state index contributed by atoms with van der Waals surface area (Å²) in [5.41, 5.74) is 5.60. The summed E-state index contributed by atoms with van der Waals surface area (Å²) in [5, 5.41) is 0. The molecule has 2 heterocycles. The highest BCUT2D eigenvalue weighted by Gasteiger charge is 2.46. The maximum Gasteiger partial charge on any atom is 0.152 e. The quantitative estimate of drug-likeness (QED) is 0.758. The molecule has 0 aromatic heterocycles. The van der Waals surface area contributed by atoms with Crippen molar-refractivity contribution in [2.24, 2.45) is 11.7 Å². The van der Waals surface area contributed by atoms with Crippen LogP contribution in [0, 0.1) is 5.92 Å². The molecule has 0 radical (unpaired) electrons. The van der Waals surface area contributed by atoms with Crippen LogP contribution in [0.2, 0.25) is 0 Å². The summed E-state index contributed by atoms with van der Waals surface area (Å²) in [4.78, 5) is 2.34. The van der Waals surface area contributed by atoms with E-state index >= 15 is 0 Å². The van der Waals surface area contributed by atoms with Gasteiger partial charge in [-0.3, -0.25) is 4.90 Å². The highest BCUT2D eigenvalue weighted by atomic mass is 32.2. The molecular weight excluding hydrogens is 224 g/mol. The van der Waals surface area contributed by atoms with Crippen LogP contribution >= 0.6 is 0 Å². The fourth-order valence-electron chi connectivity index (χ4n) is 3.06. The van der Waals surface area contributed by atoms with E-state index in [9.17, 15) is 8.42 Å². The van der Waals surface area contributed by atoms with Crippen LogP contribution in [0.15, 0.2) is 0 Å². The van der Waals surface area contributed by atoms with Gasteiger partial charge < -0.3 is 5.73 Å². The second-order valence-corrected chi connectivity index (χ2v) is 7.65. The highest BCUT2D eigenvalue weighted by Crippen LogP contribution is 2.32. The molecule has 0 saturated carbocycles. The van der Waals surface area contributed by atoms with Gasteiger partial charge in [-0.05, 0) is 31.7 Å². The van der Waals surface area contributed by atoms with E-state index in [4.69, 9.17) is 5.73 Å². The lowest BCUT2D eigenvalue weighted by molar-refractivity contribution is 0.0690. The van der Waals surface area contributed by atoms with Crippen LogP contribution in [0.5, 0.6) is 0 Å². The molecule has 4 nitrogen and oxygen atoms in total.